The largest absolute Gasteiger partial charge is 0.379 e. The fraction of sp³-hybridized carbons (Fsp3) is 1.00. The molecule has 74 valence electrons. The highest BCUT2D eigenvalue weighted by molar-refractivity contribution is 4.53. The fourth-order valence-corrected chi connectivity index (χ4v) is 0.655. The van der Waals surface area contributed by atoms with Crippen molar-refractivity contribution in [2.24, 2.45) is 0 Å². The number of aliphatic hydroxyl groups is 2. The first kappa shape index (κ1) is 11.8. The van der Waals surface area contributed by atoms with E-state index in [2.05, 4.69) is 11.9 Å². The van der Waals surface area contributed by atoms with Gasteiger partial charge in [0, 0.05) is 13.1 Å². The second kappa shape index (κ2) is 7.49. The van der Waals surface area contributed by atoms with Crippen molar-refractivity contribution in [1.82, 2.24) is 4.90 Å². The molecule has 1 rings (SSSR count). The van der Waals surface area contributed by atoms with Gasteiger partial charge in [-0.3, -0.25) is 0 Å². The number of ether oxygens (including phenoxy) is 1. The van der Waals surface area contributed by atoms with E-state index in [0.29, 0.717) is 6.42 Å². The van der Waals surface area contributed by atoms with Gasteiger partial charge in [0.25, 0.3) is 0 Å². The van der Waals surface area contributed by atoms with Crippen LogP contribution in [-0.4, -0.2) is 54.8 Å². The van der Waals surface area contributed by atoms with E-state index >= 15 is 0 Å². The molecule has 0 bridgehead atoms. The molecule has 0 saturated carbocycles. The minimum Gasteiger partial charge on any atom is -0.379 e. The Balaban J connectivity index is 0.000000217. The van der Waals surface area contributed by atoms with E-state index in [1.807, 2.05) is 0 Å². The Morgan fingerprint density at radius 3 is 1.92 bits per heavy atom. The van der Waals surface area contributed by atoms with Crippen molar-refractivity contribution < 1.29 is 14.9 Å². The number of likely N-dealkylation sites (N-methyl/N-ethyl adjacent to an activating group) is 1. The maximum absolute atomic E-state index is 7.92. The lowest BCUT2D eigenvalue weighted by molar-refractivity contribution is -0.0413. The van der Waals surface area contributed by atoms with Gasteiger partial charge in [0.2, 0.25) is 0 Å². The molecule has 0 spiro atoms. The Morgan fingerprint density at radius 2 is 1.75 bits per heavy atom. The van der Waals surface area contributed by atoms with E-state index in [-0.39, 0.29) is 0 Å². The van der Waals surface area contributed by atoms with Crippen molar-refractivity contribution in [3.05, 3.63) is 0 Å². The third kappa shape index (κ3) is 7.94. The summed E-state index contributed by atoms with van der Waals surface area (Å²) in [5.74, 6) is 0. The summed E-state index contributed by atoms with van der Waals surface area (Å²) in [6.07, 6.45) is -0.699. The van der Waals surface area contributed by atoms with Gasteiger partial charge in [-0.1, -0.05) is 6.92 Å². The number of hydrogen-bond donors (Lipinski definition) is 2. The van der Waals surface area contributed by atoms with Gasteiger partial charge in [-0.2, -0.15) is 0 Å². The van der Waals surface area contributed by atoms with Gasteiger partial charge in [-0.25, -0.2) is 0 Å². The van der Waals surface area contributed by atoms with E-state index in [0.717, 1.165) is 26.3 Å². The second-order valence-corrected chi connectivity index (χ2v) is 2.80. The molecule has 1 heterocycles. The van der Waals surface area contributed by atoms with E-state index in [9.17, 15) is 0 Å². The summed E-state index contributed by atoms with van der Waals surface area (Å²) in [5, 5.41) is 15.8. The molecule has 1 aliphatic heterocycles. The quantitative estimate of drug-likeness (QED) is 0.538. The van der Waals surface area contributed by atoms with Crippen LogP contribution >= 0.6 is 0 Å². The molecule has 4 heteroatoms. The van der Waals surface area contributed by atoms with Crippen molar-refractivity contribution in [2.45, 2.75) is 19.6 Å². The molecule has 0 radical (unpaired) electrons. The lowest BCUT2D eigenvalue weighted by atomic mass is 10.5. The maximum Gasteiger partial charge on any atom is 0.151 e. The Kier molecular flexibility index (Phi) is 7.39. The number of nitrogens with zero attached hydrogens (tertiary/aromatic N) is 1. The molecule has 1 aliphatic rings. The monoisotopic (exact) mass is 177 g/mol. The number of aliphatic hydroxyl groups excluding tert-OH is 1. The molecular formula is C8H19NO3. The average Bonchev–Trinajstić information content (AvgIpc) is 2.07. The van der Waals surface area contributed by atoms with E-state index in [1.54, 1.807) is 6.92 Å². The van der Waals surface area contributed by atoms with E-state index < -0.39 is 6.29 Å². The minimum absolute atomic E-state index is 0.417. The second-order valence-electron chi connectivity index (χ2n) is 2.80. The van der Waals surface area contributed by atoms with Crippen LogP contribution in [0.1, 0.15) is 13.3 Å². The van der Waals surface area contributed by atoms with Gasteiger partial charge in [-0.15, -0.1) is 0 Å². The van der Waals surface area contributed by atoms with Crippen LogP contribution in [-0.2, 0) is 4.74 Å². The lowest BCUT2D eigenvalue weighted by Gasteiger charge is -2.21. The normalized spacial score (nSPS) is 18.8. The van der Waals surface area contributed by atoms with Crippen LogP contribution in [0.15, 0.2) is 0 Å². The van der Waals surface area contributed by atoms with Crippen LogP contribution in [0, 0.1) is 0 Å². The molecule has 4 nitrogen and oxygen atoms in total. The molecule has 0 aromatic rings. The molecule has 0 amide bonds. The average molecular weight is 177 g/mol. The first-order chi connectivity index (χ1) is 5.66. The van der Waals surface area contributed by atoms with Gasteiger partial charge in [-0.05, 0) is 13.5 Å². The fourth-order valence-electron chi connectivity index (χ4n) is 0.655. The SMILES string of the molecule is CCC(O)O.CN1CCOCC1. The zero-order valence-corrected chi connectivity index (χ0v) is 7.86. The van der Waals surface area contributed by atoms with Gasteiger partial charge in [0.1, 0.15) is 0 Å². The van der Waals surface area contributed by atoms with E-state index in [1.165, 1.54) is 0 Å². The van der Waals surface area contributed by atoms with Crippen LogP contribution < -0.4 is 0 Å². The Morgan fingerprint density at radius 1 is 1.33 bits per heavy atom. The molecule has 0 aromatic heterocycles. The topological polar surface area (TPSA) is 52.9 Å². The molecule has 0 aromatic carbocycles. The predicted octanol–water partition coefficient (Wildman–Crippen LogP) is -0.345. The Labute approximate surface area is 73.8 Å². The summed E-state index contributed by atoms with van der Waals surface area (Å²) in [5.41, 5.74) is 0. The number of hydrogen-bond acceptors (Lipinski definition) is 4. The summed E-state index contributed by atoms with van der Waals surface area (Å²) >= 11 is 0. The van der Waals surface area contributed by atoms with Gasteiger partial charge in [0.15, 0.2) is 6.29 Å². The molecule has 1 saturated heterocycles. The van der Waals surface area contributed by atoms with Crippen LogP contribution in [0.4, 0.5) is 0 Å². The van der Waals surface area contributed by atoms with Crippen molar-refractivity contribution in [3.8, 4) is 0 Å². The molecule has 0 atom stereocenters. The Hall–Kier alpha value is -0.160. The number of morpholine rings is 1. The first-order valence-electron chi connectivity index (χ1n) is 4.29. The lowest BCUT2D eigenvalue weighted by Crippen LogP contribution is -2.32. The summed E-state index contributed by atoms with van der Waals surface area (Å²) in [6, 6.07) is 0. The van der Waals surface area contributed by atoms with Gasteiger partial charge in [0.05, 0.1) is 13.2 Å². The molecule has 2 N–H and O–H groups in total. The van der Waals surface area contributed by atoms with Crippen molar-refractivity contribution in [1.29, 1.82) is 0 Å². The summed E-state index contributed by atoms with van der Waals surface area (Å²) < 4.78 is 5.10. The van der Waals surface area contributed by atoms with Crippen LogP contribution in [0.5, 0.6) is 0 Å². The molecular weight excluding hydrogens is 158 g/mol. The van der Waals surface area contributed by atoms with Crippen LogP contribution in [0.3, 0.4) is 0 Å². The third-order valence-corrected chi connectivity index (χ3v) is 1.60. The third-order valence-electron chi connectivity index (χ3n) is 1.60. The molecule has 0 unspecified atom stereocenters. The number of rotatable bonds is 1. The zero-order chi connectivity index (χ0) is 9.40. The van der Waals surface area contributed by atoms with Gasteiger partial charge >= 0.3 is 0 Å². The Bertz CT molecular complexity index is 92.3. The standard InChI is InChI=1S/C5H11NO.C3H8O2/c1-6-2-4-7-5-3-6;1-2-3(4)5/h2-5H2,1H3;3-5H,2H2,1H3. The molecule has 1 fully saturated rings. The highest BCUT2D eigenvalue weighted by Crippen LogP contribution is 1.89. The summed E-state index contributed by atoms with van der Waals surface area (Å²) in [7, 11) is 2.11. The van der Waals surface area contributed by atoms with Crippen molar-refractivity contribution in [2.75, 3.05) is 33.4 Å². The smallest absolute Gasteiger partial charge is 0.151 e. The van der Waals surface area contributed by atoms with Crippen LogP contribution in [0.25, 0.3) is 0 Å². The van der Waals surface area contributed by atoms with Crippen molar-refractivity contribution >= 4 is 0 Å². The summed E-state index contributed by atoms with van der Waals surface area (Å²) in [6.45, 7) is 5.72. The van der Waals surface area contributed by atoms with Crippen LogP contribution in [0.2, 0.25) is 0 Å². The van der Waals surface area contributed by atoms with E-state index in [4.69, 9.17) is 14.9 Å². The predicted molar refractivity (Wildman–Crippen MR) is 46.8 cm³/mol. The molecule has 12 heavy (non-hydrogen) atoms. The first-order valence-corrected chi connectivity index (χ1v) is 4.29. The minimum atomic E-state index is -1.12. The maximum atomic E-state index is 7.92. The zero-order valence-electron chi connectivity index (χ0n) is 7.86. The molecule has 0 aliphatic carbocycles. The van der Waals surface area contributed by atoms with Gasteiger partial charge < -0.3 is 19.8 Å². The highest BCUT2D eigenvalue weighted by Gasteiger charge is 2.02. The van der Waals surface area contributed by atoms with Crippen molar-refractivity contribution in [3.63, 3.8) is 0 Å². The summed E-state index contributed by atoms with van der Waals surface area (Å²) in [4.78, 5) is 2.27. The highest BCUT2D eigenvalue weighted by atomic mass is 16.5.